The van der Waals surface area contributed by atoms with Gasteiger partial charge in [-0.3, -0.25) is 28.5 Å². The molecule has 0 bridgehead atoms. The summed E-state index contributed by atoms with van der Waals surface area (Å²) in [5.74, 6) is -3.71. The minimum Gasteiger partial charge on any atom is -0.494 e. The standard InChI is InChI=1S/C45H54N12O13/c1-7-56-28(16-22(3)52-56)40(62)50-44-48-26-18-24(38(46)60)20-30(66-5)32(26)54(44)12-9-10-13-55-33-27(49-45(55)51-41(63)29-17-23(4)53-57(29)8-2)19-25(39(47)61)21-31(33)68-14-11-15-69-37-35(59)34(58)36(42(64)65)70-43(37)67-6/h9-10,16-21,34-37,43,58-59H,7-8,11-15H2,1-6H3,(H2,46,60)(H2,47,61)(H,64,65)(H,48,50,62)(H,49,51,63)/b10-9+/t34-,35-,36-,37+,43-/m0/s1. The second kappa shape index (κ2) is 21.3. The monoisotopic (exact) mass is 970 g/mol. The molecule has 0 saturated carbocycles. The number of aryl methyl sites for hydroxylation is 4. The summed E-state index contributed by atoms with van der Waals surface area (Å²) in [6.45, 7) is 8.03. The molecule has 0 aliphatic carbocycles. The van der Waals surface area contributed by atoms with Gasteiger partial charge in [-0.2, -0.15) is 20.2 Å². The minimum atomic E-state index is -1.79. The lowest BCUT2D eigenvalue weighted by Gasteiger charge is -2.40. The third-order valence-corrected chi connectivity index (χ3v) is 11.4. The Hall–Kier alpha value is -7.71. The summed E-state index contributed by atoms with van der Waals surface area (Å²) in [6.07, 6.45) is -4.03. The molecule has 0 radical (unpaired) electrons. The van der Waals surface area contributed by atoms with Crippen LogP contribution in [0.3, 0.4) is 0 Å². The van der Waals surface area contributed by atoms with E-state index in [1.165, 1.54) is 43.2 Å². The highest BCUT2D eigenvalue weighted by atomic mass is 16.7. The third kappa shape index (κ3) is 10.3. The Balaban J connectivity index is 1.25. The number of fused-ring (bicyclic) bond motifs is 2. The van der Waals surface area contributed by atoms with Gasteiger partial charge < -0.3 is 69.6 Å². The predicted octanol–water partition coefficient (Wildman–Crippen LogP) is 0.579. The molecular formula is C45H54N12O13. The van der Waals surface area contributed by atoms with Gasteiger partial charge in [0.25, 0.3) is 11.8 Å². The molecule has 9 N–H and O–H groups in total. The molecule has 70 heavy (non-hydrogen) atoms. The number of carboxylic acids is 1. The van der Waals surface area contributed by atoms with E-state index in [1.807, 2.05) is 13.8 Å². The largest absolute Gasteiger partial charge is 0.494 e. The van der Waals surface area contributed by atoms with Crippen molar-refractivity contribution in [3.8, 4) is 11.5 Å². The van der Waals surface area contributed by atoms with E-state index in [9.17, 15) is 39.3 Å². The molecule has 2 aromatic carbocycles. The Labute approximate surface area is 397 Å². The number of allylic oxidation sites excluding steroid dienone is 2. The van der Waals surface area contributed by atoms with E-state index in [4.69, 9.17) is 35.2 Å². The molecule has 4 aromatic heterocycles. The smallest absolute Gasteiger partial charge is 0.335 e. The maximum Gasteiger partial charge on any atom is 0.335 e. The second-order valence-corrected chi connectivity index (χ2v) is 16.1. The van der Waals surface area contributed by atoms with Gasteiger partial charge >= 0.3 is 5.97 Å². The van der Waals surface area contributed by atoms with Crippen molar-refractivity contribution in [3.05, 3.63) is 93.7 Å². The van der Waals surface area contributed by atoms with Gasteiger partial charge in [0.2, 0.25) is 23.1 Å². The number of benzene rings is 2. The lowest BCUT2D eigenvalue weighted by molar-refractivity contribution is -0.296. The van der Waals surface area contributed by atoms with Gasteiger partial charge in [0.1, 0.15) is 52.2 Å². The number of carbonyl (C=O) groups is 5. The Bertz CT molecular complexity index is 3150. The van der Waals surface area contributed by atoms with E-state index < -0.39 is 60.3 Å². The first-order valence-electron chi connectivity index (χ1n) is 22.1. The summed E-state index contributed by atoms with van der Waals surface area (Å²) in [5.41, 5.74) is 15.1. The zero-order chi connectivity index (χ0) is 50.6. The molecule has 0 unspecified atom stereocenters. The van der Waals surface area contributed by atoms with E-state index in [0.29, 0.717) is 46.5 Å². The van der Waals surface area contributed by atoms with Crippen molar-refractivity contribution in [1.82, 2.24) is 38.7 Å². The Morgan fingerprint density at radius 3 is 1.71 bits per heavy atom. The van der Waals surface area contributed by atoms with Gasteiger partial charge in [-0.25, -0.2) is 4.79 Å². The molecule has 7 rings (SSSR count). The van der Waals surface area contributed by atoms with Crippen LogP contribution < -0.4 is 32.2 Å². The zero-order valence-corrected chi connectivity index (χ0v) is 39.1. The number of H-pyrrole nitrogens is 2. The number of primary amides is 2. The van der Waals surface area contributed by atoms with E-state index in [0.717, 1.165) is 0 Å². The fourth-order valence-electron chi connectivity index (χ4n) is 8.09. The number of carbonyl (C=O) groups excluding carboxylic acids is 4. The number of aliphatic carboxylic acids is 1. The van der Waals surface area contributed by atoms with Gasteiger partial charge in [0.15, 0.2) is 12.4 Å². The number of hydrogen-bond acceptors (Lipinski definition) is 14. The topological polar surface area (TPSA) is 346 Å². The maximum atomic E-state index is 13.8. The first-order valence-corrected chi connectivity index (χ1v) is 22.1. The van der Waals surface area contributed by atoms with Crippen molar-refractivity contribution in [3.63, 3.8) is 0 Å². The number of aliphatic hydroxyl groups is 2. The van der Waals surface area contributed by atoms with E-state index in [-0.39, 0.29) is 78.0 Å². The summed E-state index contributed by atoms with van der Waals surface area (Å²) < 4.78 is 34.6. The quantitative estimate of drug-likeness (QED) is 0.0431. The second-order valence-electron chi connectivity index (χ2n) is 16.1. The molecule has 1 aliphatic heterocycles. The summed E-state index contributed by atoms with van der Waals surface area (Å²) in [7, 11) is 2.67. The van der Waals surface area contributed by atoms with Gasteiger partial charge in [-0.1, -0.05) is 12.2 Å². The number of imidazole rings is 2. The van der Waals surface area contributed by atoms with Crippen molar-refractivity contribution < 1.29 is 63.0 Å². The van der Waals surface area contributed by atoms with E-state index in [1.54, 1.807) is 51.9 Å². The summed E-state index contributed by atoms with van der Waals surface area (Å²) >= 11 is 0. The normalized spacial score (nSPS) is 18.9. The number of amides is 4. The van der Waals surface area contributed by atoms with Gasteiger partial charge in [0.05, 0.1) is 42.7 Å². The molecule has 25 heteroatoms. The SMILES string of the molecule is CCn1nc(C)cc1C(=O)/N=c1/[nH]c2cc(C(N)=O)cc(OC)c2n1C/C=C/Cn1/c(=N/C(=O)c2cc(C)nn2CC)[nH]c2cc(C(N)=O)cc(OCCCO[C@H]3[C@@H](OC)O[C@H](C(=O)O)[C@@H](O)[C@@H]3O)c21. The molecule has 1 aliphatic rings. The lowest BCUT2D eigenvalue weighted by atomic mass is 9.99. The van der Waals surface area contributed by atoms with Gasteiger partial charge in [-0.05, 0) is 64.1 Å². The number of methoxy groups -OCH3 is 2. The molecule has 25 nitrogen and oxygen atoms in total. The fourth-order valence-corrected chi connectivity index (χ4v) is 8.09. The Morgan fingerprint density at radius 1 is 0.757 bits per heavy atom. The number of nitrogens with zero attached hydrogens (tertiary/aromatic N) is 8. The highest BCUT2D eigenvalue weighted by Gasteiger charge is 2.48. The van der Waals surface area contributed by atoms with Crippen molar-refractivity contribution in [2.24, 2.45) is 21.5 Å². The van der Waals surface area contributed by atoms with Crippen LogP contribution in [0.4, 0.5) is 0 Å². The average molecular weight is 971 g/mol. The summed E-state index contributed by atoms with van der Waals surface area (Å²) in [4.78, 5) is 79.2. The first-order chi connectivity index (χ1) is 33.5. The number of carboxylic acid groups (broad SMARTS) is 1. The number of ether oxygens (including phenoxy) is 5. The highest BCUT2D eigenvalue weighted by Crippen LogP contribution is 2.29. The Kier molecular flexibility index (Phi) is 15.3. The first kappa shape index (κ1) is 50.2. The van der Waals surface area contributed by atoms with E-state index >= 15 is 0 Å². The molecule has 1 fully saturated rings. The number of rotatable bonds is 19. The van der Waals surface area contributed by atoms with Crippen LogP contribution in [0.15, 0.2) is 58.5 Å². The average Bonchev–Trinajstić information content (AvgIpc) is 4.10. The van der Waals surface area contributed by atoms with Crippen LogP contribution in [0.1, 0.15) is 73.3 Å². The third-order valence-electron chi connectivity index (χ3n) is 11.4. The molecule has 1 saturated heterocycles. The number of aromatic amines is 2. The molecular weight excluding hydrogens is 917 g/mol. The maximum absolute atomic E-state index is 13.8. The van der Waals surface area contributed by atoms with Crippen molar-refractivity contribution >= 4 is 51.7 Å². The van der Waals surface area contributed by atoms with Crippen LogP contribution >= 0.6 is 0 Å². The Morgan fingerprint density at radius 2 is 1.26 bits per heavy atom. The number of hydrogen-bond donors (Lipinski definition) is 7. The van der Waals surface area contributed by atoms with Gasteiger partial charge in [-0.15, -0.1) is 0 Å². The van der Waals surface area contributed by atoms with Crippen molar-refractivity contribution in [1.29, 1.82) is 0 Å². The molecule has 372 valence electrons. The minimum absolute atomic E-state index is 0.0391. The van der Waals surface area contributed by atoms with Crippen LogP contribution in [0, 0.1) is 13.8 Å². The molecule has 5 heterocycles. The highest BCUT2D eigenvalue weighted by molar-refractivity contribution is 5.99. The van der Waals surface area contributed by atoms with Crippen LogP contribution in [-0.4, -0.2) is 142 Å². The number of aromatic nitrogens is 8. The summed E-state index contributed by atoms with van der Waals surface area (Å²) in [6, 6.07) is 9.20. The predicted molar refractivity (Wildman–Crippen MR) is 246 cm³/mol. The number of aliphatic hydroxyl groups excluding tert-OH is 2. The molecule has 4 amide bonds. The van der Waals surface area contributed by atoms with Gasteiger partial charge in [0, 0.05) is 50.8 Å². The zero-order valence-electron chi connectivity index (χ0n) is 39.1. The molecule has 0 spiro atoms. The van der Waals surface area contributed by atoms with Crippen LogP contribution in [0.25, 0.3) is 22.1 Å². The fraction of sp³-hybridized carbons (Fsp3) is 0.400. The number of nitrogens with one attached hydrogen (secondary N) is 2. The number of nitrogens with two attached hydrogens (primary N) is 2. The van der Waals surface area contributed by atoms with Crippen LogP contribution in [0.2, 0.25) is 0 Å². The van der Waals surface area contributed by atoms with Crippen LogP contribution in [0.5, 0.6) is 11.5 Å². The van der Waals surface area contributed by atoms with Crippen molar-refractivity contribution in [2.75, 3.05) is 27.4 Å². The van der Waals surface area contributed by atoms with E-state index in [2.05, 4.69) is 30.2 Å². The molecule has 6 aromatic rings. The summed E-state index contributed by atoms with van der Waals surface area (Å²) in [5, 5.41) is 39.2. The lowest BCUT2D eigenvalue weighted by Crippen LogP contribution is -2.61. The molecule has 5 atom stereocenters. The van der Waals surface area contributed by atoms with Crippen LogP contribution in [-0.2, 0) is 45.2 Å². The van der Waals surface area contributed by atoms with Crippen molar-refractivity contribution in [2.45, 2.75) is 91.0 Å².